The summed E-state index contributed by atoms with van der Waals surface area (Å²) in [5.74, 6) is -1.19. The third kappa shape index (κ3) is 27.8. The predicted octanol–water partition coefficient (Wildman–Crippen LogP) is 10.6. The lowest BCUT2D eigenvalue weighted by Gasteiger charge is -2.35. The number of hydrogen-bond donors (Lipinski definition) is 3. The standard InChI is InChI=1S/C28H58.C3H6O3.H3N/c1-5-9-13-14-15-16-17-18-19-20-21-22-23-27-28(24-10-6-2,25-11-7-3)26-12-8-4;1-2(4)3(5)6;/h5-27H2,1-4H3;2,4H,1H3,(H,5,6);1H3. The summed E-state index contributed by atoms with van der Waals surface area (Å²) in [6, 6.07) is 0. The second kappa shape index (κ2) is 29.6. The van der Waals surface area contributed by atoms with E-state index in [2.05, 4.69) is 27.7 Å². The van der Waals surface area contributed by atoms with Crippen LogP contribution in [-0.2, 0) is 4.79 Å². The van der Waals surface area contributed by atoms with Gasteiger partial charge in [0.2, 0.25) is 0 Å². The van der Waals surface area contributed by atoms with Crippen molar-refractivity contribution in [1.29, 1.82) is 0 Å². The summed E-state index contributed by atoms with van der Waals surface area (Å²) in [6.45, 7) is 10.6. The Morgan fingerprint density at radius 2 is 0.771 bits per heavy atom. The molecule has 0 heterocycles. The van der Waals surface area contributed by atoms with Crippen LogP contribution in [0.25, 0.3) is 0 Å². The Morgan fingerprint density at radius 3 is 1.03 bits per heavy atom. The molecule has 0 aromatic rings. The average molecular weight is 502 g/mol. The molecule has 0 saturated carbocycles. The van der Waals surface area contributed by atoms with Gasteiger partial charge in [-0.25, -0.2) is 4.79 Å². The van der Waals surface area contributed by atoms with E-state index in [4.69, 9.17) is 10.2 Å². The van der Waals surface area contributed by atoms with E-state index in [1.165, 1.54) is 155 Å². The van der Waals surface area contributed by atoms with Crippen LogP contribution in [0.2, 0.25) is 0 Å². The fraction of sp³-hybridized carbons (Fsp3) is 0.968. The Hall–Kier alpha value is -0.610. The van der Waals surface area contributed by atoms with E-state index in [0.29, 0.717) is 5.41 Å². The van der Waals surface area contributed by atoms with Crippen molar-refractivity contribution < 1.29 is 15.0 Å². The number of unbranched alkanes of at least 4 members (excludes halogenated alkanes) is 15. The summed E-state index contributed by atoms with van der Waals surface area (Å²) in [7, 11) is 0. The summed E-state index contributed by atoms with van der Waals surface area (Å²) >= 11 is 0. The molecule has 0 bridgehead atoms. The average Bonchev–Trinajstić information content (AvgIpc) is 2.83. The van der Waals surface area contributed by atoms with Gasteiger partial charge in [0.25, 0.3) is 0 Å². The molecule has 0 aliphatic carbocycles. The molecule has 214 valence electrons. The normalized spacial score (nSPS) is 11.9. The first kappa shape index (κ1) is 38.9. The molecule has 0 rings (SSSR count). The van der Waals surface area contributed by atoms with Gasteiger partial charge >= 0.3 is 5.97 Å². The van der Waals surface area contributed by atoms with E-state index >= 15 is 0 Å². The molecule has 4 heteroatoms. The van der Waals surface area contributed by atoms with Crippen molar-refractivity contribution in [1.82, 2.24) is 6.15 Å². The van der Waals surface area contributed by atoms with Gasteiger partial charge in [0.1, 0.15) is 6.10 Å². The van der Waals surface area contributed by atoms with Crippen LogP contribution in [0.4, 0.5) is 0 Å². The van der Waals surface area contributed by atoms with Gasteiger partial charge in [-0.3, -0.25) is 0 Å². The molecular weight excluding hydrogens is 434 g/mol. The van der Waals surface area contributed by atoms with Crippen molar-refractivity contribution in [3.63, 3.8) is 0 Å². The molecule has 1 atom stereocenters. The van der Waals surface area contributed by atoms with E-state index < -0.39 is 12.1 Å². The minimum absolute atomic E-state index is 0. The SMILES string of the molecule is CC(O)C(=O)O.CCCCCCCCCCCCCCCC(CCCC)(CCCC)CCCC.N. The summed E-state index contributed by atoms with van der Waals surface area (Å²) < 4.78 is 0. The molecule has 0 aromatic heterocycles. The highest BCUT2D eigenvalue weighted by molar-refractivity contribution is 5.71. The molecule has 0 aliphatic heterocycles. The zero-order valence-electron chi connectivity index (χ0n) is 24.9. The van der Waals surface area contributed by atoms with Gasteiger partial charge in [-0.15, -0.1) is 0 Å². The lowest BCUT2D eigenvalue weighted by Crippen LogP contribution is -2.21. The van der Waals surface area contributed by atoms with Crippen LogP contribution < -0.4 is 6.15 Å². The number of carboxylic acid groups (broad SMARTS) is 1. The molecule has 0 aliphatic rings. The fourth-order valence-electron chi connectivity index (χ4n) is 4.92. The molecule has 35 heavy (non-hydrogen) atoms. The second-order valence-electron chi connectivity index (χ2n) is 10.8. The van der Waals surface area contributed by atoms with Crippen molar-refractivity contribution in [3.8, 4) is 0 Å². The maximum atomic E-state index is 9.45. The molecule has 0 radical (unpaired) electrons. The summed E-state index contributed by atoms with van der Waals surface area (Å²) in [6.07, 6.45) is 32.4. The minimum atomic E-state index is -1.23. The van der Waals surface area contributed by atoms with Gasteiger partial charge in [-0.1, -0.05) is 150 Å². The Kier molecular flexibility index (Phi) is 32.9. The van der Waals surface area contributed by atoms with Gasteiger partial charge in [0.05, 0.1) is 0 Å². The minimum Gasteiger partial charge on any atom is -0.479 e. The van der Waals surface area contributed by atoms with Crippen LogP contribution in [0.3, 0.4) is 0 Å². The Labute approximate surface area is 221 Å². The maximum Gasteiger partial charge on any atom is 0.332 e. The van der Waals surface area contributed by atoms with Crippen LogP contribution in [0.5, 0.6) is 0 Å². The van der Waals surface area contributed by atoms with E-state index in [-0.39, 0.29) is 6.15 Å². The first-order valence-corrected chi connectivity index (χ1v) is 15.3. The Morgan fingerprint density at radius 1 is 0.543 bits per heavy atom. The predicted molar refractivity (Wildman–Crippen MR) is 156 cm³/mol. The van der Waals surface area contributed by atoms with Gasteiger partial charge in [0.15, 0.2) is 0 Å². The van der Waals surface area contributed by atoms with Crippen LogP contribution in [0, 0.1) is 5.41 Å². The Balaban J connectivity index is -0.00000129. The van der Waals surface area contributed by atoms with Gasteiger partial charge in [0, 0.05) is 0 Å². The largest absolute Gasteiger partial charge is 0.479 e. The zero-order valence-corrected chi connectivity index (χ0v) is 24.9. The molecule has 0 fully saturated rings. The van der Waals surface area contributed by atoms with Crippen LogP contribution in [-0.4, -0.2) is 22.3 Å². The Bertz CT molecular complexity index is 390. The summed E-state index contributed by atoms with van der Waals surface area (Å²) in [5.41, 5.74) is 0.694. The van der Waals surface area contributed by atoms with Crippen LogP contribution >= 0.6 is 0 Å². The summed E-state index contributed by atoms with van der Waals surface area (Å²) in [5, 5.41) is 15.8. The number of carbonyl (C=O) groups is 1. The van der Waals surface area contributed by atoms with E-state index in [9.17, 15) is 4.79 Å². The lowest BCUT2D eigenvalue weighted by atomic mass is 9.71. The molecule has 1 unspecified atom stereocenters. The fourth-order valence-corrected chi connectivity index (χ4v) is 4.92. The number of aliphatic hydroxyl groups is 1. The second-order valence-corrected chi connectivity index (χ2v) is 10.8. The van der Waals surface area contributed by atoms with Gasteiger partial charge in [-0.2, -0.15) is 0 Å². The summed E-state index contributed by atoms with van der Waals surface area (Å²) in [4.78, 5) is 9.45. The first-order valence-electron chi connectivity index (χ1n) is 15.3. The first-order chi connectivity index (χ1) is 16.4. The number of hydrogen-bond acceptors (Lipinski definition) is 3. The molecule has 0 aromatic carbocycles. The number of carboxylic acids is 1. The maximum absolute atomic E-state index is 9.45. The number of rotatable bonds is 24. The third-order valence-corrected chi connectivity index (χ3v) is 7.35. The van der Waals surface area contributed by atoms with E-state index in [1.54, 1.807) is 0 Å². The zero-order chi connectivity index (χ0) is 25.9. The smallest absolute Gasteiger partial charge is 0.332 e. The molecular formula is C31H67NO3. The lowest BCUT2D eigenvalue weighted by molar-refractivity contribution is -0.145. The van der Waals surface area contributed by atoms with E-state index in [0.717, 1.165) is 0 Å². The number of aliphatic carboxylic acids is 1. The number of aliphatic hydroxyl groups excluding tert-OH is 1. The molecule has 4 nitrogen and oxygen atoms in total. The van der Waals surface area contributed by atoms with Crippen LogP contribution in [0.15, 0.2) is 0 Å². The van der Waals surface area contributed by atoms with Crippen molar-refractivity contribution in [2.45, 2.75) is 188 Å². The molecule has 5 N–H and O–H groups in total. The molecule has 0 spiro atoms. The van der Waals surface area contributed by atoms with E-state index in [1.807, 2.05) is 0 Å². The highest BCUT2D eigenvalue weighted by Crippen LogP contribution is 2.41. The molecule has 0 amide bonds. The quantitative estimate of drug-likeness (QED) is 0.115. The highest BCUT2D eigenvalue weighted by atomic mass is 16.4. The van der Waals surface area contributed by atoms with Gasteiger partial charge in [-0.05, 0) is 38.0 Å². The van der Waals surface area contributed by atoms with Crippen molar-refractivity contribution in [2.24, 2.45) is 5.41 Å². The van der Waals surface area contributed by atoms with Crippen LogP contribution in [0.1, 0.15) is 182 Å². The van der Waals surface area contributed by atoms with Gasteiger partial charge < -0.3 is 16.4 Å². The monoisotopic (exact) mass is 502 g/mol. The topological polar surface area (TPSA) is 92.5 Å². The highest BCUT2D eigenvalue weighted by Gasteiger charge is 2.27. The van der Waals surface area contributed by atoms with Crippen molar-refractivity contribution in [2.75, 3.05) is 0 Å². The third-order valence-electron chi connectivity index (χ3n) is 7.35. The molecule has 0 saturated heterocycles. The van der Waals surface area contributed by atoms with Crippen molar-refractivity contribution in [3.05, 3.63) is 0 Å². The van der Waals surface area contributed by atoms with Crippen molar-refractivity contribution >= 4 is 5.97 Å².